The Bertz CT molecular complexity index is 1690. The van der Waals surface area contributed by atoms with Crippen LogP contribution in [0.4, 0.5) is 10.1 Å². The van der Waals surface area contributed by atoms with E-state index in [1.807, 2.05) is 62.4 Å². The van der Waals surface area contributed by atoms with E-state index < -0.39 is 0 Å². The number of pyridine rings is 3. The van der Waals surface area contributed by atoms with Crippen molar-refractivity contribution in [2.24, 2.45) is 0 Å². The summed E-state index contributed by atoms with van der Waals surface area (Å²) in [4.78, 5) is 19.1. The number of nitrogens with zero attached hydrogens (tertiary/aromatic N) is 5. The van der Waals surface area contributed by atoms with Gasteiger partial charge in [0.05, 0.1) is 28.8 Å². The van der Waals surface area contributed by atoms with Gasteiger partial charge in [-0.05, 0) is 66.1 Å². The summed E-state index contributed by atoms with van der Waals surface area (Å²) in [5.74, 6) is -0.261. The SMILES string of the molecule is Cc1cc(F)cc(-c2ccnc3[nH]c(-c4n[nH]c5ccc(-c6cncc(N(C)C)c6)nc45)cc23)c1. The first-order chi connectivity index (χ1) is 17.0. The minimum absolute atomic E-state index is 0.261. The average molecular weight is 464 g/mol. The first-order valence-corrected chi connectivity index (χ1v) is 11.2. The summed E-state index contributed by atoms with van der Waals surface area (Å²) in [5, 5.41) is 8.51. The summed E-state index contributed by atoms with van der Waals surface area (Å²) < 4.78 is 14.1. The molecule has 172 valence electrons. The van der Waals surface area contributed by atoms with Crippen molar-refractivity contribution >= 4 is 27.8 Å². The van der Waals surface area contributed by atoms with Gasteiger partial charge in [0.15, 0.2) is 0 Å². The highest BCUT2D eigenvalue weighted by Crippen LogP contribution is 2.34. The zero-order valence-corrected chi connectivity index (χ0v) is 19.5. The molecule has 0 unspecified atom stereocenters. The van der Waals surface area contributed by atoms with Gasteiger partial charge in [0.1, 0.15) is 22.7 Å². The summed E-state index contributed by atoms with van der Waals surface area (Å²) >= 11 is 0. The molecule has 0 spiro atoms. The summed E-state index contributed by atoms with van der Waals surface area (Å²) in [6.45, 7) is 1.89. The normalized spacial score (nSPS) is 11.4. The topological polar surface area (TPSA) is 86.4 Å². The molecule has 7 nitrogen and oxygen atoms in total. The number of H-pyrrole nitrogens is 2. The van der Waals surface area contributed by atoms with Crippen molar-refractivity contribution in [3.63, 3.8) is 0 Å². The second-order valence-electron chi connectivity index (χ2n) is 8.81. The van der Waals surface area contributed by atoms with Crippen LogP contribution in [0.1, 0.15) is 5.56 Å². The Balaban J connectivity index is 1.48. The molecule has 2 N–H and O–H groups in total. The lowest BCUT2D eigenvalue weighted by molar-refractivity contribution is 0.627. The predicted molar refractivity (Wildman–Crippen MR) is 137 cm³/mol. The second-order valence-corrected chi connectivity index (χ2v) is 8.81. The molecule has 0 aliphatic carbocycles. The van der Waals surface area contributed by atoms with Crippen LogP contribution in [0.3, 0.4) is 0 Å². The number of rotatable bonds is 4. The lowest BCUT2D eigenvalue weighted by atomic mass is 10.0. The molecule has 0 bridgehead atoms. The van der Waals surface area contributed by atoms with Crippen LogP contribution < -0.4 is 4.90 Å². The van der Waals surface area contributed by atoms with E-state index >= 15 is 0 Å². The Labute approximate surface area is 200 Å². The standard InChI is InChI=1S/C27H22FN7/c1-15-8-16(10-18(28)9-15)20-6-7-30-27-21(20)12-24(32-27)26-25-23(33-34-26)5-4-22(31-25)17-11-19(35(2)3)14-29-13-17/h4-14H,1-3H3,(H,30,32)(H,33,34). The zero-order chi connectivity index (χ0) is 24.1. The fraction of sp³-hybridized carbons (Fsp3) is 0.111. The third-order valence-corrected chi connectivity index (χ3v) is 6.08. The average Bonchev–Trinajstić information content (AvgIpc) is 3.47. The smallest absolute Gasteiger partial charge is 0.138 e. The molecule has 0 saturated carbocycles. The van der Waals surface area contributed by atoms with Gasteiger partial charge in [-0.15, -0.1) is 0 Å². The molecule has 0 aliphatic heterocycles. The number of benzene rings is 1. The summed E-state index contributed by atoms with van der Waals surface area (Å²) in [7, 11) is 3.96. The minimum Gasteiger partial charge on any atom is -0.376 e. The maximum Gasteiger partial charge on any atom is 0.138 e. The second kappa shape index (κ2) is 8.02. The van der Waals surface area contributed by atoms with Crippen LogP contribution in [0, 0.1) is 12.7 Å². The zero-order valence-electron chi connectivity index (χ0n) is 19.5. The van der Waals surface area contributed by atoms with Crippen molar-refractivity contribution in [1.29, 1.82) is 0 Å². The highest BCUT2D eigenvalue weighted by Gasteiger charge is 2.16. The number of anilines is 1. The molecule has 0 radical (unpaired) electrons. The molecule has 1 aromatic carbocycles. The number of nitrogens with one attached hydrogen (secondary N) is 2. The Kier molecular flexibility index (Phi) is 4.81. The molecule has 0 fully saturated rings. The Morgan fingerprint density at radius 2 is 1.83 bits per heavy atom. The number of fused-ring (bicyclic) bond motifs is 2. The molecule has 5 heterocycles. The molecular formula is C27H22FN7. The maximum absolute atomic E-state index is 14.1. The quantitative estimate of drug-likeness (QED) is 0.348. The van der Waals surface area contributed by atoms with Gasteiger partial charge in [0.2, 0.25) is 0 Å². The van der Waals surface area contributed by atoms with Gasteiger partial charge in [0.25, 0.3) is 0 Å². The first-order valence-electron chi connectivity index (χ1n) is 11.2. The number of hydrogen-bond acceptors (Lipinski definition) is 5. The molecular weight excluding hydrogens is 441 g/mol. The molecule has 0 saturated heterocycles. The van der Waals surface area contributed by atoms with Crippen molar-refractivity contribution in [2.45, 2.75) is 6.92 Å². The van der Waals surface area contributed by atoms with Crippen molar-refractivity contribution in [2.75, 3.05) is 19.0 Å². The number of aromatic amines is 2. The minimum atomic E-state index is -0.261. The molecule has 0 amide bonds. The van der Waals surface area contributed by atoms with E-state index in [4.69, 9.17) is 4.98 Å². The van der Waals surface area contributed by atoms with Crippen LogP contribution in [0.25, 0.3) is 55.8 Å². The number of hydrogen-bond donors (Lipinski definition) is 2. The van der Waals surface area contributed by atoms with Crippen molar-refractivity contribution in [3.8, 4) is 33.8 Å². The number of aryl methyl sites for hydroxylation is 1. The van der Waals surface area contributed by atoms with Crippen LogP contribution in [0.15, 0.2) is 67.1 Å². The van der Waals surface area contributed by atoms with E-state index in [1.165, 1.54) is 6.07 Å². The molecule has 5 aromatic heterocycles. The highest BCUT2D eigenvalue weighted by molar-refractivity contribution is 5.99. The van der Waals surface area contributed by atoms with Crippen LogP contribution in [0.2, 0.25) is 0 Å². The molecule has 6 rings (SSSR count). The molecule has 35 heavy (non-hydrogen) atoms. The molecule has 0 atom stereocenters. The Morgan fingerprint density at radius 1 is 0.943 bits per heavy atom. The third kappa shape index (κ3) is 3.69. The number of aromatic nitrogens is 6. The van der Waals surface area contributed by atoms with Crippen molar-refractivity contribution in [3.05, 3.63) is 78.5 Å². The Morgan fingerprint density at radius 3 is 2.66 bits per heavy atom. The third-order valence-electron chi connectivity index (χ3n) is 6.08. The predicted octanol–water partition coefficient (Wildman–Crippen LogP) is 5.74. The van der Waals surface area contributed by atoms with Crippen LogP contribution >= 0.6 is 0 Å². The van der Waals surface area contributed by atoms with Gasteiger partial charge in [-0.2, -0.15) is 5.10 Å². The van der Waals surface area contributed by atoms with Gasteiger partial charge in [0, 0.05) is 37.4 Å². The fourth-order valence-corrected chi connectivity index (χ4v) is 4.36. The van der Waals surface area contributed by atoms with Gasteiger partial charge >= 0.3 is 0 Å². The maximum atomic E-state index is 14.1. The largest absolute Gasteiger partial charge is 0.376 e. The summed E-state index contributed by atoms with van der Waals surface area (Å²) in [5.41, 5.74) is 9.05. The van der Waals surface area contributed by atoms with Crippen molar-refractivity contribution < 1.29 is 4.39 Å². The van der Waals surface area contributed by atoms with Crippen LogP contribution in [-0.4, -0.2) is 44.2 Å². The van der Waals surface area contributed by atoms with E-state index in [0.29, 0.717) is 11.3 Å². The first kappa shape index (κ1) is 21.0. The molecule has 0 aliphatic rings. The fourth-order valence-electron chi connectivity index (χ4n) is 4.36. The van der Waals surface area contributed by atoms with Gasteiger partial charge in [-0.25, -0.2) is 14.4 Å². The van der Waals surface area contributed by atoms with E-state index in [0.717, 1.165) is 55.7 Å². The monoisotopic (exact) mass is 463 g/mol. The van der Waals surface area contributed by atoms with E-state index in [9.17, 15) is 4.39 Å². The van der Waals surface area contributed by atoms with E-state index in [-0.39, 0.29) is 5.82 Å². The summed E-state index contributed by atoms with van der Waals surface area (Å²) in [6.07, 6.45) is 5.35. The highest BCUT2D eigenvalue weighted by atomic mass is 19.1. The van der Waals surface area contributed by atoms with Crippen LogP contribution in [0.5, 0.6) is 0 Å². The van der Waals surface area contributed by atoms with Crippen molar-refractivity contribution in [1.82, 2.24) is 30.1 Å². The van der Waals surface area contributed by atoms with Gasteiger partial charge in [-0.3, -0.25) is 10.1 Å². The van der Waals surface area contributed by atoms with Crippen LogP contribution in [-0.2, 0) is 0 Å². The van der Waals surface area contributed by atoms with E-state index in [1.54, 1.807) is 18.5 Å². The lowest BCUT2D eigenvalue weighted by Gasteiger charge is -2.12. The lowest BCUT2D eigenvalue weighted by Crippen LogP contribution is -2.08. The Hall–Kier alpha value is -4.59. The van der Waals surface area contributed by atoms with Gasteiger partial charge in [-0.1, -0.05) is 6.07 Å². The molecule has 8 heteroatoms. The summed E-state index contributed by atoms with van der Waals surface area (Å²) in [6, 6.07) is 14.9. The molecule has 6 aromatic rings. The number of halogens is 1. The van der Waals surface area contributed by atoms with E-state index in [2.05, 4.69) is 31.2 Å². The van der Waals surface area contributed by atoms with Gasteiger partial charge < -0.3 is 9.88 Å².